The van der Waals surface area contributed by atoms with Gasteiger partial charge in [0.15, 0.2) is 0 Å². The van der Waals surface area contributed by atoms with Crippen LogP contribution in [-0.4, -0.2) is 47.5 Å². The molecule has 1 aliphatic rings. The highest BCUT2D eigenvalue weighted by atomic mass is 32.1. The second-order valence-electron chi connectivity index (χ2n) is 5.64. The molecular formula is C16H22N4O3S. The van der Waals surface area contributed by atoms with Gasteiger partial charge in [-0.1, -0.05) is 0 Å². The third kappa shape index (κ3) is 4.19. The number of carbonyl (C=O) groups excluding carboxylic acids is 1. The van der Waals surface area contributed by atoms with Crippen molar-refractivity contribution in [2.45, 2.75) is 31.9 Å². The Morgan fingerprint density at radius 1 is 1.54 bits per heavy atom. The monoisotopic (exact) mass is 350 g/mol. The van der Waals surface area contributed by atoms with Gasteiger partial charge in [-0.3, -0.25) is 4.79 Å². The van der Waals surface area contributed by atoms with E-state index in [2.05, 4.69) is 15.5 Å². The maximum Gasteiger partial charge on any atom is 0.261 e. The quantitative estimate of drug-likeness (QED) is 0.785. The number of rotatable bonds is 8. The van der Waals surface area contributed by atoms with Crippen LogP contribution in [0.25, 0.3) is 0 Å². The molecule has 0 bridgehead atoms. The number of thiophene rings is 1. The minimum atomic E-state index is -0.0489. The molecule has 0 saturated carbocycles. The number of methoxy groups -OCH3 is 1. The van der Waals surface area contributed by atoms with Gasteiger partial charge in [-0.2, -0.15) is 0 Å². The summed E-state index contributed by atoms with van der Waals surface area (Å²) in [6, 6.07) is 3.87. The lowest BCUT2D eigenvalue weighted by Gasteiger charge is -2.07. The molecule has 3 rings (SSSR count). The van der Waals surface area contributed by atoms with Crippen LogP contribution >= 0.6 is 11.3 Å². The Hall–Kier alpha value is -1.77. The van der Waals surface area contributed by atoms with Gasteiger partial charge in [0.25, 0.3) is 5.91 Å². The van der Waals surface area contributed by atoms with E-state index in [-0.39, 0.29) is 12.0 Å². The number of carbonyl (C=O) groups is 1. The molecule has 1 aliphatic heterocycles. The molecule has 2 aromatic heterocycles. The van der Waals surface area contributed by atoms with Crippen LogP contribution < -0.4 is 5.32 Å². The Bertz CT molecular complexity index is 664. The van der Waals surface area contributed by atoms with Crippen molar-refractivity contribution in [2.75, 3.05) is 26.9 Å². The smallest absolute Gasteiger partial charge is 0.261 e. The average Bonchev–Trinajstić information content (AvgIpc) is 3.32. The first-order chi connectivity index (χ1) is 11.8. The molecule has 1 amide bonds. The van der Waals surface area contributed by atoms with E-state index in [1.807, 2.05) is 16.7 Å². The van der Waals surface area contributed by atoms with Crippen molar-refractivity contribution in [2.24, 2.45) is 0 Å². The maximum absolute atomic E-state index is 12.3. The fraction of sp³-hybridized carbons (Fsp3) is 0.562. The highest BCUT2D eigenvalue weighted by Gasteiger charge is 2.20. The van der Waals surface area contributed by atoms with Crippen molar-refractivity contribution >= 4 is 17.2 Å². The van der Waals surface area contributed by atoms with Crippen LogP contribution in [0.2, 0.25) is 0 Å². The maximum atomic E-state index is 12.3. The average molecular weight is 350 g/mol. The van der Waals surface area contributed by atoms with E-state index in [0.29, 0.717) is 26.1 Å². The molecule has 0 aromatic carbocycles. The normalized spacial score (nSPS) is 17.3. The summed E-state index contributed by atoms with van der Waals surface area (Å²) in [6.45, 7) is 2.66. The lowest BCUT2D eigenvalue weighted by atomic mass is 10.2. The predicted octanol–water partition coefficient (Wildman–Crippen LogP) is 1.81. The summed E-state index contributed by atoms with van der Waals surface area (Å²) >= 11 is 1.51. The third-order valence-electron chi connectivity index (χ3n) is 3.96. The molecule has 24 heavy (non-hydrogen) atoms. The van der Waals surface area contributed by atoms with E-state index in [4.69, 9.17) is 9.47 Å². The summed E-state index contributed by atoms with van der Waals surface area (Å²) in [4.78, 5) is 14.1. The summed E-state index contributed by atoms with van der Waals surface area (Å²) in [5.41, 5.74) is 0. The number of ether oxygens (including phenoxy) is 2. The van der Waals surface area contributed by atoms with Gasteiger partial charge < -0.3 is 19.4 Å². The molecule has 1 N–H and O–H groups in total. The number of hydrogen-bond donors (Lipinski definition) is 1. The minimum Gasteiger partial charge on any atom is -0.383 e. The highest BCUT2D eigenvalue weighted by Crippen LogP contribution is 2.33. The number of nitrogens with one attached hydrogen (secondary N) is 1. The molecule has 1 atom stereocenters. The summed E-state index contributed by atoms with van der Waals surface area (Å²) < 4.78 is 12.7. The van der Waals surface area contributed by atoms with Crippen LogP contribution in [0.15, 0.2) is 18.5 Å². The van der Waals surface area contributed by atoms with Gasteiger partial charge in [-0.25, -0.2) is 0 Å². The SMILES string of the molecule is COCCn1cnnc1CCNC(=O)c1ccc([C@@H]2CCCO2)s1. The second-order valence-corrected chi connectivity index (χ2v) is 6.76. The lowest BCUT2D eigenvalue weighted by molar-refractivity contribution is 0.0958. The first-order valence-corrected chi connectivity index (χ1v) is 8.94. The summed E-state index contributed by atoms with van der Waals surface area (Å²) in [6.07, 6.45) is 4.62. The van der Waals surface area contributed by atoms with Crippen molar-refractivity contribution in [1.29, 1.82) is 0 Å². The molecule has 2 aromatic rings. The minimum absolute atomic E-state index is 0.0489. The zero-order chi connectivity index (χ0) is 16.8. The van der Waals surface area contributed by atoms with Crippen molar-refractivity contribution in [3.05, 3.63) is 34.0 Å². The molecule has 0 aliphatic carbocycles. The molecule has 0 radical (unpaired) electrons. The molecule has 7 nitrogen and oxygen atoms in total. The first-order valence-electron chi connectivity index (χ1n) is 8.13. The van der Waals surface area contributed by atoms with Crippen LogP contribution in [0.5, 0.6) is 0 Å². The van der Waals surface area contributed by atoms with Crippen molar-refractivity contribution in [1.82, 2.24) is 20.1 Å². The predicted molar refractivity (Wildman–Crippen MR) is 90.2 cm³/mol. The van der Waals surface area contributed by atoms with Crippen LogP contribution in [0.4, 0.5) is 0 Å². The molecule has 3 heterocycles. The largest absolute Gasteiger partial charge is 0.383 e. The molecule has 1 saturated heterocycles. The zero-order valence-corrected chi connectivity index (χ0v) is 14.6. The van der Waals surface area contributed by atoms with Crippen molar-refractivity contribution < 1.29 is 14.3 Å². The van der Waals surface area contributed by atoms with Crippen molar-refractivity contribution in [3.8, 4) is 0 Å². The lowest BCUT2D eigenvalue weighted by Crippen LogP contribution is -2.26. The second kappa shape index (κ2) is 8.36. The van der Waals surface area contributed by atoms with Gasteiger partial charge in [-0.15, -0.1) is 21.5 Å². The Morgan fingerprint density at radius 2 is 2.46 bits per heavy atom. The van der Waals surface area contributed by atoms with Gasteiger partial charge >= 0.3 is 0 Å². The molecule has 0 unspecified atom stereocenters. The molecule has 8 heteroatoms. The number of nitrogens with zero attached hydrogens (tertiary/aromatic N) is 3. The van der Waals surface area contributed by atoms with Gasteiger partial charge in [0.2, 0.25) is 0 Å². The Labute approximate surface area is 145 Å². The Kier molecular flexibility index (Phi) is 5.95. The first kappa shape index (κ1) is 17.1. The van der Waals surface area contributed by atoms with Crippen molar-refractivity contribution in [3.63, 3.8) is 0 Å². The molecule has 1 fully saturated rings. The van der Waals surface area contributed by atoms with Gasteiger partial charge in [0.1, 0.15) is 12.2 Å². The van der Waals surface area contributed by atoms with E-state index < -0.39 is 0 Å². The standard InChI is InChI=1S/C16H22N4O3S/c1-22-10-8-20-11-18-19-15(20)6-7-17-16(21)14-5-4-13(24-14)12-3-2-9-23-12/h4-5,11-12H,2-3,6-10H2,1H3,(H,17,21)/t12-/m0/s1. The summed E-state index contributed by atoms with van der Waals surface area (Å²) in [7, 11) is 1.66. The zero-order valence-electron chi connectivity index (χ0n) is 13.7. The molecule has 0 spiro atoms. The molecular weight excluding hydrogens is 328 g/mol. The van der Waals surface area contributed by atoms with Crippen LogP contribution in [0.3, 0.4) is 0 Å². The van der Waals surface area contributed by atoms with Gasteiger partial charge in [0.05, 0.1) is 17.6 Å². The van der Waals surface area contributed by atoms with E-state index >= 15 is 0 Å². The van der Waals surface area contributed by atoms with Crippen LogP contribution in [0.1, 0.15) is 39.3 Å². The van der Waals surface area contributed by atoms with Gasteiger partial charge in [-0.05, 0) is 25.0 Å². The number of aromatic nitrogens is 3. The fourth-order valence-electron chi connectivity index (χ4n) is 2.67. The summed E-state index contributed by atoms with van der Waals surface area (Å²) in [5.74, 6) is 0.797. The Balaban J connectivity index is 1.48. The number of hydrogen-bond acceptors (Lipinski definition) is 6. The van der Waals surface area contributed by atoms with E-state index in [1.54, 1.807) is 13.4 Å². The van der Waals surface area contributed by atoms with Crippen LogP contribution in [0, 0.1) is 0 Å². The fourth-order valence-corrected chi connectivity index (χ4v) is 3.68. The number of amides is 1. The topological polar surface area (TPSA) is 78.3 Å². The van der Waals surface area contributed by atoms with E-state index in [9.17, 15) is 4.79 Å². The summed E-state index contributed by atoms with van der Waals surface area (Å²) in [5, 5.41) is 10.9. The van der Waals surface area contributed by atoms with Crippen LogP contribution in [-0.2, 0) is 22.4 Å². The Morgan fingerprint density at radius 3 is 3.25 bits per heavy atom. The van der Waals surface area contributed by atoms with E-state index in [1.165, 1.54) is 11.3 Å². The molecule has 130 valence electrons. The van der Waals surface area contributed by atoms with E-state index in [0.717, 1.165) is 35.0 Å². The van der Waals surface area contributed by atoms with Gasteiger partial charge in [0, 0.05) is 38.1 Å². The highest BCUT2D eigenvalue weighted by molar-refractivity contribution is 7.14. The third-order valence-corrected chi connectivity index (χ3v) is 5.14.